The summed E-state index contributed by atoms with van der Waals surface area (Å²) in [6.45, 7) is 0. The lowest BCUT2D eigenvalue weighted by atomic mass is 10.2. The normalized spacial score (nSPS) is 9.81. The Labute approximate surface area is 135 Å². The van der Waals surface area contributed by atoms with Crippen LogP contribution in [0.4, 0.5) is 16.2 Å². The number of nitrogens with one attached hydrogen (secondary N) is 2. The number of hydrogen-bond acceptors (Lipinski definition) is 3. The maximum Gasteiger partial charge on any atom is 0.411 e. The topological polar surface area (TPSA) is 67.4 Å². The second kappa shape index (κ2) is 7.07. The summed E-state index contributed by atoms with van der Waals surface area (Å²) in [5.41, 5.74) is 1.86. The van der Waals surface area contributed by atoms with Crippen molar-refractivity contribution in [2.75, 3.05) is 17.7 Å². The van der Waals surface area contributed by atoms with Crippen molar-refractivity contribution in [1.82, 2.24) is 0 Å². The second-order valence-corrected chi connectivity index (χ2v) is 5.29. The average Bonchev–Trinajstić information content (AvgIpc) is 2.49. The van der Waals surface area contributed by atoms with Crippen LogP contribution in [0.3, 0.4) is 0 Å². The molecule has 2 rings (SSSR count). The van der Waals surface area contributed by atoms with Gasteiger partial charge in [0.05, 0.1) is 12.7 Å². The molecule has 5 nitrogen and oxygen atoms in total. The van der Waals surface area contributed by atoms with Gasteiger partial charge in [0.15, 0.2) is 0 Å². The SMILES string of the molecule is COC(=O)Nc1ccc(NC(=O)c2ccccc2I)cc1. The highest BCUT2D eigenvalue weighted by atomic mass is 127. The molecule has 2 amide bonds. The van der Waals surface area contributed by atoms with E-state index in [0.29, 0.717) is 16.9 Å². The minimum absolute atomic E-state index is 0.173. The van der Waals surface area contributed by atoms with Crippen LogP contribution in [0.15, 0.2) is 48.5 Å². The molecule has 0 aliphatic carbocycles. The lowest BCUT2D eigenvalue weighted by molar-refractivity contribution is 0.102. The van der Waals surface area contributed by atoms with Crippen molar-refractivity contribution in [3.63, 3.8) is 0 Å². The molecule has 0 saturated heterocycles. The third kappa shape index (κ3) is 4.19. The Balaban J connectivity index is 2.05. The molecule has 0 unspecified atom stereocenters. The van der Waals surface area contributed by atoms with Crippen molar-refractivity contribution < 1.29 is 14.3 Å². The fourth-order valence-electron chi connectivity index (χ4n) is 1.65. The van der Waals surface area contributed by atoms with E-state index < -0.39 is 6.09 Å². The summed E-state index contributed by atoms with van der Waals surface area (Å²) in [6, 6.07) is 14.1. The zero-order valence-corrected chi connectivity index (χ0v) is 13.4. The van der Waals surface area contributed by atoms with Crippen molar-refractivity contribution in [3.05, 3.63) is 57.7 Å². The lowest BCUT2D eigenvalue weighted by Gasteiger charge is -2.08. The van der Waals surface area contributed by atoms with Crippen LogP contribution < -0.4 is 10.6 Å². The largest absolute Gasteiger partial charge is 0.453 e. The van der Waals surface area contributed by atoms with Gasteiger partial charge in [0.1, 0.15) is 0 Å². The van der Waals surface area contributed by atoms with E-state index in [1.807, 2.05) is 18.2 Å². The van der Waals surface area contributed by atoms with E-state index >= 15 is 0 Å². The van der Waals surface area contributed by atoms with Crippen LogP contribution >= 0.6 is 22.6 Å². The van der Waals surface area contributed by atoms with Crippen molar-refractivity contribution in [1.29, 1.82) is 0 Å². The number of benzene rings is 2. The third-order valence-electron chi connectivity index (χ3n) is 2.69. The van der Waals surface area contributed by atoms with E-state index in [-0.39, 0.29) is 5.91 Å². The standard InChI is InChI=1S/C15H13IN2O3/c1-21-15(20)18-11-8-6-10(7-9-11)17-14(19)12-4-2-3-5-13(12)16/h2-9H,1H3,(H,17,19)(H,18,20). The van der Waals surface area contributed by atoms with Gasteiger partial charge in [-0.3, -0.25) is 10.1 Å². The van der Waals surface area contributed by atoms with Crippen LogP contribution in [-0.2, 0) is 4.74 Å². The molecule has 0 saturated carbocycles. The molecule has 0 radical (unpaired) electrons. The predicted octanol–water partition coefficient (Wildman–Crippen LogP) is 3.72. The Bertz CT molecular complexity index is 656. The molecule has 6 heteroatoms. The maximum atomic E-state index is 12.1. The van der Waals surface area contributed by atoms with Gasteiger partial charge in [-0.25, -0.2) is 4.79 Å². The number of carbonyl (C=O) groups is 2. The summed E-state index contributed by atoms with van der Waals surface area (Å²) < 4.78 is 5.39. The lowest BCUT2D eigenvalue weighted by Crippen LogP contribution is -2.14. The van der Waals surface area contributed by atoms with Crippen LogP contribution in [0.1, 0.15) is 10.4 Å². The molecule has 21 heavy (non-hydrogen) atoms. The van der Waals surface area contributed by atoms with E-state index in [2.05, 4.69) is 38.0 Å². The average molecular weight is 396 g/mol. The molecule has 0 heterocycles. The number of halogens is 1. The Kier molecular flexibility index (Phi) is 5.15. The van der Waals surface area contributed by atoms with Gasteiger partial charge in [-0.1, -0.05) is 12.1 Å². The Morgan fingerprint density at radius 3 is 2.10 bits per heavy atom. The highest BCUT2D eigenvalue weighted by molar-refractivity contribution is 14.1. The van der Waals surface area contributed by atoms with Crippen molar-refractivity contribution in [3.8, 4) is 0 Å². The molecule has 108 valence electrons. The van der Waals surface area contributed by atoms with Crippen LogP contribution in [0.2, 0.25) is 0 Å². The first kappa shape index (κ1) is 15.3. The van der Waals surface area contributed by atoms with Crippen LogP contribution in [-0.4, -0.2) is 19.1 Å². The van der Waals surface area contributed by atoms with Gasteiger partial charge in [-0.15, -0.1) is 0 Å². The zero-order valence-electron chi connectivity index (χ0n) is 11.2. The van der Waals surface area contributed by atoms with Gasteiger partial charge in [-0.2, -0.15) is 0 Å². The van der Waals surface area contributed by atoms with Gasteiger partial charge in [0.2, 0.25) is 0 Å². The number of anilines is 2. The molecule has 0 aliphatic rings. The summed E-state index contributed by atoms with van der Waals surface area (Å²) in [7, 11) is 1.30. The first-order valence-electron chi connectivity index (χ1n) is 6.11. The summed E-state index contributed by atoms with van der Waals surface area (Å²) in [6.07, 6.45) is -0.536. The van der Waals surface area contributed by atoms with E-state index in [9.17, 15) is 9.59 Å². The molecular formula is C15H13IN2O3. The molecule has 0 spiro atoms. The van der Waals surface area contributed by atoms with Gasteiger partial charge in [-0.05, 0) is 59.0 Å². The van der Waals surface area contributed by atoms with Crippen LogP contribution in [0.5, 0.6) is 0 Å². The summed E-state index contributed by atoms with van der Waals surface area (Å²) in [5, 5.41) is 5.34. The van der Waals surface area contributed by atoms with Gasteiger partial charge < -0.3 is 10.1 Å². The molecule has 2 aromatic rings. The van der Waals surface area contributed by atoms with Crippen LogP contribution in [0, 0.1) is 3.57 Å². The van der Waals surface area contributed by atoms with Gasteiger partial charge in [0, 0.05) is 14.9 Å². The Morgan fingerprint density at radius 1 is 0.952 bits per heavy atom. The maximum absolute atomic E-state index is 12.1. The van der Waals surface area contributed by atoms with E-state index in [1.165, 1.54) is 7.11 Å². The molecule has 2 aromatic carbocycles. The third-order valence-corrected chi connectivity index (χ3v) is 3.63. The van der Waals surface area contributed by atoms with Crippen LogP contribution in [0.25, 0.3) is 0 Å². The number of rotatable bonds is 3. The number of methoxy groups -OCH3 is 1. The summed E-state index contributed by atoms with van der Waals surface area (Å²) >= 11 is 2.12. The highest BCUT2D eigenvalue weighted by Gasteiger charge is 2.09. The number of ether oxygens (including phenoxy) is 1. The smallest absolute Gasteiger partial charge is 0.411 e. The molecule has 0 aromatic heterocycles. The minimum atomic E-state index is -0.536. The number of amides is 2. The zero-order chi connectivity index (χ0) is 15.2. The highest BCUT2D eigenvalue weighted by Crippen LogP contribution is 2.17. The molecule has 0 fully saturated rings. The van der Waals surface area contributed by atoms with Crippen molar-refractivity contribution in [2.45, 2.75) is 0 Å². The Hall–Kier alpha value is -2.09. The van der Waals surface area contributed by atoms with Crippen molar-refractivity contribution in [2.24, 2.45) is 0 Å². The Morgan fingerprint density at radius 2 is 1.52 bits per heavy atom. The summed E-state index contributed by atoms with van der Waals surface area (Å²) in [5.74, 6) is -0.173. The monoisotopic (exact) mass is 396 g/mol. The number of carbonyl (C=O) groups excluding carboxylic acids is 2. The van der Waals surface area contributed by atoms with Gasteiger partial charge in [0.25, 0.3) is 5.91 Å². The minimum Gasteiger partial charge on any atom is -0.453 e. The summed E-state index contributed by atoms with van der Waals surface area (Å²) in [4.78, 5) is 23.2. The van der Waals surface area contributed by atoms with Gasteiger partial charge >= 0.3 is 6.09 Å². The fourth-order valence-corrected chi connectivity index (χ4v) is 2.28. The first-order chi connectivity index (χ1) is 10.1. The predicted molar refractivity (Wildman–Crippen MR) is 89.6 cm³/mol. The quantitative estimate of drug-likeness (QED) is 0.778. The second-order valence-electron chi connectivity index (χ2n) is 4.13. The molecule has 0 bridgehead atoms. The molecule has 0 atom stereocenters. The number of hydrogen-bond donors (Lipinski definition) is 2. The molecular weight excluding hydrogens is 383 g/mol. The van der Waals surface area contributed by atoms with E-state index in [1.54, 1.807) is 30.3 Å². The molecule has 0 aliphatic heterocycles. The van der Waals surface area contributed by atoms with E-state index in [0.717, 1.165) is 3.57 Å². The molecule has 2 N–H and O–H groups in total. The first-order valence-corrected chi connectivity index (χ1v) is 7.19. The fraction of sp³-hybridized carbons (Fsp3) is 0.0667. The van der Waals surface area contributed by atoms with Crippen molar-refractivity contribution >= 4 is 46.0 Å². The van der Waals surface area contributed by atoms with E-state index in [4.69, 9.17) is 0 Å².